The van der Waals surface area contributed by atoms with Crippen LogP contribution < -0.4 is 0 Å². The SMILES string of the molecule is CCc1ccc([N-]OC(F)F)cc1.c1ccccc1. The predicted molar refractivity (Wildman–Crippen MR) is 72.4 cm³/mol. The highest BCUT2D eigenvalue weighted by molar-refractivity contribution is 5.46. The first-order valence-electron chi connectivity index (χ1n) is 5.96. The van der Waals surface area contributed by atoms with Crippen molar-refractivity contribution < 1.29 is 13.6 Å². The van der Waals surface area contributed by atoms with Crippen molar-refractivity contribution >= 4 is 5.69 Å². The van der Waals surface area contributed by atoms with Crippen LogP contribution in [0.3, 0.4) is 0 Å². The molecular weight excluding hydrogens is 248 g/mol. The number of aryl methyl sites for hydroxylation is 1. The van der Waals surface area contributed by atoms with E-state index in [-0.39, 0.29) is 0 Å². The monoisotopic (exact) mass is 264 g/mol. The van der Waals surface area contributed by atoms with Gasteiger partial charge in [-0.25, -0.2) is 0 Å². The smallest absolute Gasteiger partial charge is 0.333 e. The zero-order valence-corrected chi connectivity index (χ0v) is 10.7. The Morgan fingerprint density at radius 2 is 1.42 bits per heavy atom. The van der Waals surface area contributed by atoms with Gasteiger partial charge < -0.3 is 10.3 Å². The average molecular weight is 264 g/mol. The van der Waals surface area contributed by atoms with Crippen molar-refractivity contribution in [3.8, 4) is 0 Å². The summed E-state index contributed by atoms with van der Waals surface area (Å²) in [7, 11) is 0. The number of benzene rings is 2. The maximum atomic E-state index is 11.5. The normalized spacial score (nSPS) is 9.68. The second kappa shape index (κ2) is 9.05. The zero-order chi connectivity index (χ0) is 13.9. The molecule has 0 aromatic heterocycles. The van der Waals surface area contributed by atoms with Crippen molar-refractivity contribution in [2.45, 2.75) is 20.0 Å². The van der Waals surface area contributed by atoms with E-state index in [9.17, 15) is 8.78 Å². The van der Waals surface area contributed by atoms with Crippen molar-refractivity contribution in [2.24, 2.45) is 0 Å². The molecule has 2 rings (SSSR count). The number of hydrogen-bond donors (Lipinski definition) is 0. The van der Waals surface area contributed by atoms with Gasteiger partial charge in [0.25, 0.3) is 0 Å². The van der Waals surface area contributed by atoms with E-state index in [1.807, 2.05) is 55.5 Å². The van der Waals surface area contributed by atoms with E-state index in [4.69, 9.17) is 0 Å². The van der Waals surface area contributed by atoms with Crippen LogP contribution in [0.5, 0.6) is 0 Å². The molecule has 0 amide bonds. The lowest BCUT2D eigenvalue weighted by Gasteiger charge is -2.21. The van der Waals surface area contributed by atoms with Crippen LogP contribution in [0.15, 0.2) is 60.7 Å². The molecule has 0 aliphatic heterocycles. The lowest BCUT2D eigenvalue weighted by Crippen LogP contribution is -1.91. The number of nitrogens with zero attached hydrogens (tertiary/aromatic N) is 1. The van der Waals surface area contributed by atoms with Gasteiger partial charge >= 0.3 is 6.61 Å². The van der Waals surface area contributed by atoms with Crippen molar-refractivity contribution in [3.05, 3.63) is 71.7 Å². The van der Waals surface area contributed by atoms with Gasteiger partial charge in [0, 0.05) is 0 Å². The molecule has 0 heterocycles. The minimum Gasteiger partial charge on any atom is -0.557 e. The maximum Gasteiger partial charge on any atom is 0.333 e. The number of rotatable bonds is 4. The first kappa shape index (κ1) is 15.1. The highest BCUT2D eigenvalue weighted by Gasteiger charge is 1.92. The van der Waals surface area contributed by atoms with Gasteiger partial charge in [0.15, 0.2) is 0 Å². The highest BCUT2D eigenvalue weighted by atomic mass is 19.3. The summed E-state index contributed by atoms with van der Waals surface area (Å²) in [6, 6.07) is 18.9. The number of halogens is 2. The van der Waals surface area contributed by atoms with Gasteiger partial charge in [-0.05, 0) is 12.0 Å². The van der Waals surface area contributed by atoms with Crippen LogP contribution in [0.2, 0.25) is 0 Å². The summed E-state index contributed by atoms with van der Waals surface area (Å²) in [5.74, 6) is 0. The second-order valence-electron chi connectivity index (χ2n) is 3.63. The average Bonchev–Trinajstić information content (AvgIpc) is 2.48. The molecule has 2 aromatic carbocycles. The van der Waals surface area contributed by atoms with Crippen LogP contribution in [0, 0.1) is 0 Å². The third-order valence-electron chi connectivity index (χ3n) is 2.25. The molecule has 0 saturated heterocycles. The van der Waals surface area contributed by atoms with Crippen LogP contribution in [-0.2, 0) is 11.3 Å². The molecule has 4 heteroatoms. The summed E-state index contributed by atoms with van der Waals surface area (Å²) in [6.45, 7) is -0.840. The first-order chi connectivity index (χ1) is 9.22. The summed E-state index contributed by atoms with van der Waals surface area (Å²) in [5, 5.41) is 0. The fourth-order valence-electron chi connectivity index (χ4n) is 1.28. The molecule has 0 N–H and O–H groups in total. The fraction of sp³-hybridized carbons (Fsp3) is 0.200. The third-order valence-corrected chi connectivity index (χ3v) is 2.25. The topological polar surface area (TPSA) is 23.3 Å². The molecule has 19 heavy (non-hydrogen) atoms. The molecule has 0 atom stereocenters. The van der Waals surface area contributed by atoms with Crippen molar-refractivity contribution in [1.82, 2.24) is 0 Å². The molecule has 2 nitrogen and oxygen atoms in total. The Labute approximate surface area is 112 Å². The van der Waals surface area contributed by atoms with Crippen LogP contribution in [-0.4, -0.2) is 6.61 Å². The van der Waals surface area contributed by atoms with Gasteiger partial charge in [-0.2, -0.15) is 8.78 Å². The van der Waals surface area contributed by atoms with E-state index < -0.39 is 6.61 Å². The van der Waals surface area contributed by atoms with E-state index in [0.717, 1.165) is 12.0 Å². The van der Waals surface area contributed by atoms with E-state index in [1.54, 1.807) is 12.1 Å². The summed E-state index contributed by atoms with van der Waals surface area (Å²) >= 11 is 0. The van der Waals surface area contributed by atoms with Crippen LogP contribution in [0.4, 0.5) is 14.5 Å². The molecule has 0 aliphatic carbocycles. The molecule has 2 aromatic rings. The first-order valence-corrected chi connectivity index (χ1v) is 5.96. The highest BCUT2D eigenvalue weighted by Crippen LogP contribution is 2.20. The predicted octanol–water partition coefficient (Wildman–Crippen LogP) is 5.10. The summed E-state index contributed by atoms with van der Waals surface area (Å²) < 4.78 is 23.1. The minimum absolute atomic E-state index is 0.400. The molecule has 102 valence electrons. The van der Waals surface area contributed by atoms with Gasteiger partial charge in [-0.1, -0.05) is 67.6 Å². The molecular formula is C15H16F2NO-. The van der Waals surface area contributed by atoms with E-state index in [0.29, 0.717) is 5.69 Å². The van der Waals surface area contributed by atoms with E-state index in [1.165, 1.54) is 0 Å². The van der Waals surface area contributed by atoms with Gasteiger partial charge in [0.2, 0.25) is 0 Å². The fourth-order valence-corrected chi connectivity index (χ4v) is 1.28. The quantitative estimate of drug-likeness (QED) is 0.705. The van der Waals surface area contributed by atoms with Gasteiger partial charge in [0.05, 0.1) is 0 Å². The van der Waals surface area contributed by atoms with Crippen LogP contribution in [0.1, 0.15) is 12.5 Å². The Balaban J connectivity index is 0.000000250. The second-order valence-corrected chi connectivity index (χ2v) is 3.63. The lowest BCUT2D eigenvalue weighted by atomic mass is 10.2. The molecule has 0 radical (unpaired) electrons. The largest absolute Gasteiger partial charge is 0.557 e. The molecule has 0 unspecified atom stereocenters. The Morgan fingerprint density at radius 3 is 1.79 bits per heavy atom. The Morgan fingerprint density at radius 1 is 0.947 bits per heavy atom. The maximum absolute atomic E-state index is 11.5. The minimum atomic E-state index is -2.86. The van der Waals surface area contributed by atoms with Gasteiger partial charge in [-0.15, -0.1) is 5.69 Å². The molecule has 0 saturated carbocycles. The molecule has 0 bridgehead atoms. The standard InChI is InChI=1S/C9H10F2NO.C6H6/c1-2-7-3-5-8(6-4-7)12-13-9(10)11;1-2-4-6-5-3-1/h3-6,9H,2H2,1H3;1-6H/q-1;. The van der Waals surface area contributed by atoms with E-state index in [2.05, 4.69) is 10.3 Å². The lowest BCUT2D eigenvalue weighted by molar-refractivity contribution is -0.0914. The van der Waals surface area contributed by atoms with Gasteiger partial charge in [-0.3, -0.25) is 0 Å². The summed E-state index contributed by atoms with van der Waals surface area (Å²) in [6.07, 6.45) is 0.913. The van der Waals surface area contributed by atoms with E-state index >= 15 is 0 Å². The Bertz CT molecular complexity index is 405. The number of alkyl halides is 2. The molecule has 0 fully saturated rings. The van der Waals surface area contributed by atoms with Crippen molar-refractivity contribution in [1.29, 1.82) is 0 Å². The Kier molecular flexibility index (Phi) is 7.20. The third kappa shape index (κ3) is 7.16. The van der Waals surface area contributed by atoms with Crippen LogP contribution in [0.25, 0.3) is 5.48 Å². The Hall–Kier alpha value is -1.94. The molecule has 0 aliphatic rings. The summed E-state index contributed by atoms with van der Waals surface area (Å²) in [4.78, 5) is 3.79. The zero-order valence-electron chi connectivity index (χ0n) is 10.7. The molecule has 0 spiro atoms. The van der Waals surface area contributed by atoms with Gasteiger partial charge in [0.1, 0.15) is 0 Å². The summed E-state index contributed by atoms with van der Waals surface area (Å²) in [5.41, 5.74) is 4.77. The van der Waals surface area contributed by atoms with Crippen molar-refractivity contribution in [2.75, 3.05) is 0 Å². The number of hydrogen-bond acceptors (Lipinski definition) is 1. The van der Waals surface area contributed by atoms with Crippen LogP contribution >= 0.6 is 0 Å². The van der Waals surface area contributed by atoms with Crippen molar-refractivity contribution in [3.63, 3.8) is 0 Å².